The molecule has 0 radical (unpaired) electrons. The molecule has 0 amide bonds. The van der Waals surface area contributed by atoms with E-state index in [1.807, 2.05) is 0 Å². The average Bonchev–Trinajstić information content (AvgIpc) is 3.06. The Hall–Kier alpha value is -2.76. The van der Waals surface area contributed by atoms with Gasteiger partial charge < -0.3 is 5.73 Å². The molecule has 3 rings (SSSR count). The van der Waals surface area contributed by atoms with Gasteiger partial charge in [-0.05, 0) is 48.0 Å². The van der Waals surface area contributed by atoms with Gasteiger partial charge in [-0.2, -0.15) is 18.3 Å². The van der Waals surface area contributed by atoms with Crippen LogP contribution in [0.3, 0.4) is 0 Å². The van der Waals surface area contributed by atoms with Crippen LogP contribution in [-0.2, 0) is 22.7 Å². The van der Waals surface area contributed by atoms with Crippen LogP contribution in [0.2, 0.25) is 0 Å². The van der Waals surface area contributed by atoms with Crippen molar-refractivity contribution in [2.45, 2.75) is 17.6 Å². The Labute approximate surface area is 157 Å². The Balaban J connectivity index is 2.19. The van der Waals surface area contributed by atoms with Gasteiger partial charge in [0.1, 0.15) is 5.82 Å². The van der Waals surface area contributed by atoms with Crippen LogP contribution in [0.4, 0.5) is 17.6 Å². The smallest absolute Gasteiger partial charge is 0.326 e. The largest absolute Gasteiger partial charge is 0.435 e. The molecule has 0 fully saturated rings. The Bertz CT molecular complexity index is 1120. The maximum absolute atomic E-state index is 14.5. The molecule has 3 aromatic rings. The van der Waals surface area contributed by atoms with Crippen molar-refractivity contribution in [1.82, 2.24) is 9.78 Å². The fourth-order valence-corrected chi connectivity index (χ4v) is 3.09. The molecule has 0 saturated carbocycles. The van der Waals surface area contributed by atoms with Crippen LogP contribution in [0, 0.1) is 5.82 Å². The molecule has 148 valence electrons. The number of aromatic nitrogens is 2. The van der Waals surface area contributed by atoms with Gasteiger partial charge >= 0.3 is 6.18 Å². The minimum absolute atomic E-state index is 0.0687. The van der Waals surface area contributed by atoms with Crippen molar-refractivity contribution in [2.24, 2.45) is 10.9 Å². The summed E-state index contributed by atoms with van der Waals surface area (Å²) >= 11 is 0. The number of halogens is 4. The monoisotopic (exact) mass is 414 g/mol. The lowest BCUT2D eigenvalue weighted by Crippen LogP contribution is -2.12. The first-order valence-corrected chi connectivity index (χ1v) is 9.34. The van der Waals surface area contributed by atoms with Crippen molar-refractivity contribution in [3.63, 3.8) is 0 Å². The molecule has 11 heteroatoms. The molecule has 0 aliphatic rings. The van der Waals surface area contributed by atoms with Crippen molar-refractivity contribution in [1.29, 1.82) is 0 Å². The number of benzene rings is 2. The van der Waals surface area contributed by atoms with Crippen LogP contribution in [0.5, 0.6) is 0 Å². The summed E-state index contributed by atoms with van der Waals surface area (Å²) in [6.45, 7) is 0.0687. The van der Waals surface area contributed by atoms with E-state index in [0.717, 1.165) is 22.9 Å². The standard InChI is InChI=1S/C17H14F4N4O2S/c18-14-7-10(9-22)1-6-13(14)15-8-16(17(19,20)21)24-25(15)11-2-4-12(5-3-11)28(23,26)27/h1-8H,9,22H2,(H2,23,26,27). The Morgan fingerprint density at radius 1 is 1.04 bits per heavy atom. The van der Waals surface area contributed by atoms with Gasteiger partial charge in [0.05, 0.1) is 16.3 Å². The van der Waals surface area contributed by atoms with Gasteiger partial charge in [0.2, 0.25) is 10.0 Å². The van der Waals surface area contributed by atoms with E-state index in [1.165, 1.54) is 24.3 Å². The fourth-order valence-electron chi connectivity index (χ4n) is 2.58. The molecule has 0 saturated heterocycles. The molecule has 0 atom stereocenters. The van der Waals surface area contributed by atoms with Crippen molar-refractivity contribution in [2.75, 3.05) is 0 Å². The van der Waals surface area contributed by atoms with E-state index < -0.39 is 27.7 Å². The van der Waals surface area contributed by atoms with Crippen molar-refractivity contribution < 1.29 is 26.0 Å². The molecule has 2 aromatic carbocycles. The first-order valence-electron chi connectivity index (χ1n) is 7.80. The maximum atomic E-state index is 14.5. The molecule has 1 aromatic heterocycles. The zero-order chi connectivity index (χ0) is 20.7. The average molecular weight is 414 g/mol. The highest BCUT2D eigenvalue weighted by atomic mass is 32.2. The molecule has 0 aliphatic carbocycles. The van der Waals surface area contributed by atoms with Crippen molar-refractivity contribution in [3.8, 4) is 16.9 Å². The van der Waals surface area contributed by atoms with E-state index >= 15 is 0 Å². The van der Waals surface area contributed by atoms with Gasteiger partial charge in [0, 0.05) is 12.1 Å². The van der Waals surface area contributed by atoms with E-state index in [1.54, 1.807) is 0 Å². The lowest BCUT2D eigenvalue weighted by molar-refractivity contribution is -0.141. The second kappa shape index (κ2) is 7.00. The molecule has 6 nitrogen and oxygen atoms in total. The highest BCUT2D eigenvalue weighted by Crippen LogP contribution is 2.34. The summed E-state index contributed by atoms with van der Waals surface area (Å²) in [6, 6.07) is 9.34. The van der Waals surface area contributed by atoms with Gasteiger partial charge in [-0.25, -0.2) is 22.6 Å². The van der Waals surface area contributed by atoms with Gasteiger partial charge in [-0.15, -0.1) is 0 Å². The highest BCUT2D eigenvalue weighted by Gasteiger charge is 2.35. The van der Waals surface area contributed by atoms with Crippen molar-refractivity contribution in [3.05, 3.63) is 65.6 Å². The fraction of sp³-hybridized carbons (Fsp3) is 0.118. The van der Waals surface area contributed by atoms with Crippen LogP contribution in [0.15, 0.2) is 53.4 Å². The molecular weight excluding hydrogens is 400 g/mol. The minimum Gasteiger partial charge on any atom is -0.326 e. The van der Waals surface area contributed by atoms with E-state index in [-0.39, 0.29) is 28.4 Å². The first-order chi connectivity index (χ1) is 13.0. The number of rotatable bonds is 4. The maximum Gasteiger partial charge on any atom is 0.435 e. The molecule has 0 aliphatic heterocycles. The summed E-state index contributed by atoms with van der Waals surface area (Å²) in [7, 11) is -3.98. The summed E-state index contributed by atoms with van der Waals surface area (Å²) in [6.07, 6.45) is -4.76. The Morgan fingerprint density at radius 3 is 2.18 bits per heavy atom. The van der Waals surface area contributed by atoms with E-state index in [2.05, 4.69) is 5.10 Å². The van der Waals surface area contributed by atoms with E-state index in [9.17, 15) is 26.0 Å². The summed E-state index contributed by atoms with van der Waals surface area (Å²) < 4.78 is 77.6. The number of nitrogens with zero attached hydrogens (tertiary/aromatic N) is 2. The molecule has 1 heterocycles. The second-order valence-electron chi connectivity index (χ2n) is 5.88. The van der Waals surface area contributed by atoms with Crippen LogP contribution < -0.4 is 10.9 Å². The van der Waals surface area contributed by atoms with Crippen LogP contribution >= 0.6 is 0 Å². The lowest BCUT2D eigenvalue weighted by atomic mass is 10.1. The van der Waals surface area contributed by atoms with Gasteiger partial charge in [0.15, 0.2) is 5.69 Å². The number of sulfonamides is 1. The molecule has 4 N–H and O–H groups in total. The number of alkyl halides is 3. The SMILES string of the molecule is NCc1ccc(-c2cc(C(F)(F)F)nn2-c2ccc(S(N)(=O)=O)cc2)c(F)c1. The van der Waals surface area contributed by atoms with Crippen molar-refractivity contribution >= 4 is 10.0 Å². The Morgan fingerprint density at radius 2 is 1.68 bits per heavy atom. The molecule has 28 heavy (non-hydrogen) atoms. The predicted molar refractivity (Wildman–Crippen MR) is 93.2 cm³/mol. The minimum atomic E-state index is -4.76. The number of hydrogen-bond donors (Lipinski definition) is 2. The third-order valence-corrected chi connectivity index (χ3v) is 4.88. The number of nitrogens with two attached hydrogens (primary N) is 2. The normalized spacial score (nSPS) is 12.4. The number of hydrogen-bond acceptors (Lipinski definition) is 4. The third kappa shape index (κ3) is 3.91. The van der Waals surface area contributed by atoms with Gasteiger partial charge in [0.25, 0.3) is 0 Å². The summed E-state index contributed by atoms with van der Waals surface area (Å²) in [4.78, 5) is -0.223. The van der Waals surface area contributed by atoms with Gasteiger partial charge in [-0.1, -0.05) is 6.07 Å². The zero-order valence-electron chi connectivity index (χ0n) is 14.1. The molecular formula is C17H14F4N4O2S. The van der Waals surface area contributed by atoms with E-state index in [4.69, 9.17) is 10.9 Å². The lowest BCUT2D eigenvalue weighted by Gasteiger charge is -2.10. The van der Waals surface area contributed by atoms with Crippen LogP contribution in [0.25, 0.3) is 16.9 Å². The summed E-state index contributed by atoms with van der Waals surface area (Å²) in [5, 5.41) is 8.54. The van der Waals surface area contributed by atoms with Crippen LogP contribution in [0.1, 0.15) is 11.3 Å². The summed E-state index contributed by atoms with van der Waals surface area (Å²) in [5.74, 6) is -0.765. The highest BCUT2D eigenvalue weighted by molar-refractivity contribution is 7.89. The van der Waals surface area contributed by atoms with Crippen LogP contribution in [-0.4, -0.2) is 18.2 Å². The predicted octanol–water partition coefficient (Wildman–Crippen LogP) is 2.80. The molecule has 0 unspecified atom stereocenters. The zero-order valence-corrected chi connectivity index (χ0v) is 14.9. The summed E-state index contributed by atoms with van der Waals surface area (Å²) in [5.41, 5.74) is 4.52. The Kier molecular flexibility index (Phi) is 5.00. The molecule has 0 spiro atoms. The molecule has 0 bridgehead atoms. The van der Waals surface area contributed by atoms with Gasteiger partial charge in [-0.3, -0.25) is 0 Å². The van der Waals surface area contributed by atoms with E-state index in [0.29, 0.717) is 11.6 Å². The topological polar surface area (TPSA) is 104 Å². The first kappa shape index (κ1) is 20.0. The number of primary sulfonamides is 1. The second-order valence-corrected chi connectivity index (χ2v) is 7.44. The third-order valence-electron chi connectivity index (χ3n) is 3.95. The quantitative estimate of drug-likeness (QED) is 0.641.